The van der Waals surface area contributed by atoms with Crippen molar-refractivity contribution in [3.8, 4) is 16.9 Å². The second kappa shape index (κ2) is 6.73. The van der Waals surface area contributed by atoms with E-state index in [9.17, 15) is 4.39 Å². The molecule has 0 saturated carbocycles. The van der Waals surface area contributed by atoms with Crippen molar-refractivity contribution in [2.45, 2.75) is 13.5 Å². The Labute approximate surface area is 123 Å². The highest BCUT2D eigenvalue weighted by Gasteiger charge is 2.09. The predicted octanol–water partition coefficient (Wildman–Crippen LogP) is 4.26. The molecule has 0 aromatic heterocycles. The molecule has 0 atom stereocenters. The molecule has 0 saturated heterocycles. The van der Waals surface area contributed by atoms with Gasteiger partial charge in [0, 0.05) is 11.6 Å². The van der Waals surface area contributed by atoms with E-state index in [1.165, 1.54) is 13.2 Å². The molecule has 0 amide bonds. The fraction of sp³-hybridized carbons (Fsp3) is 0.250. The minimum Gasteiger partial charge on any atom is -0.494 e. The van der Waals surface area contributed by atoms with Crippen LogP contribution in [0.4, 0.5) is 4.39 Å². The molecule has 106 valence electrons. The Balaban J connectivity index is 2.44. The standard InChI is InChI=1S/C16H17ClFNO/c1-3-19-10-12-4-6-13(17)9-14(12)11-5-7-16(20-2)15(18)8-11/h4-9,19H,3,10H2,1-2H3. The predicted molar refractivity (Wildman–Crippen MR) is 80.8 cm³/mol. The SMILES string of the molecule is CCNCc1ccc(Cl)cc1-c1ccc(OC)c(F)c1. The molecule has 0 radical (unpaired) electrons. The summed E-state index contributed by atoms with van der Waals surface area (Å²) in [7, 11) is 1.45. The van der Waals surface area contributed by atoms with Crippen LogP contribution in [-0.4, -0.2) is 13.7 Å². The second-order valence-corrected chi connectivity index (χ2v) is 4.87. The van der Waals surface area contributed by atoms with E-state index < -0.39 is 0 Å². The Bertz CT molecular complexity index is 601. The lowest BCUT2D eigenvalue weighted by atomic mass is 9.99. The van der Waals surface area contributed by atoms with Gasteiger partial charge in [0.1, 0.15) is 0 Å². The van der Waals surface area contributed by atoms with E-state index in [4.69, 9.17) is 16.3 Å². The van der Waals surface area contributed by atoms with Crippen molar-refractivity contribution in [1.29, 1.82) is 0 Å². The van der Waals surface area contributed by atoms with Crippen LogP contribution in [0.25, 0.3) is 11.1 Å². The Morgan fingerprint density at radius 2 is 2.00 bits per heavy atom. The summed E-state index contributed by atoms with van der Waals surface area (Å²) in [4.78, 5) is 0. The quantitative estimate of drug-likeness (QED) is 0.889. The summed E-state index contributed by atoms with van der Waals surface area (Å²) >= 11 is 6.06. The lowest BCUT2D eigenvalue weighted by molar-refractivity contribution is 0.386. The lowest BCUT2D eigenvalue weighted by Gasteiger charge is -2.12. The summed E-state index contributed by atoms with van der Waals surface area (Å²) in [6.45, 7) is 3.64. The molecule has 0 aliphatic rings. The Morgan fingerprint density at radius 3 is 2.65 bits per heavy atom. The summed E-state index contributed by atoms with van der Waals surface area (Å²) in [6, 6.07) is 10.6. The molecule has 0 aliphatic carbocycles. The third-order valence-corrected chi connectivity index (χ3v) is 3.34. The molecule has 2 aromatic carbocycles. The summed E-state index contributed by atoms with van der Waals surface area (Å²) in [5.74, 6) is -0.136. The first-order valence-electron chi connectivity index (χ1n) is 6.48. The molecule has 4 heteroatoms. The number of ether oxygens (including phenoxy) is 1. The average Bonchev–Trinajstić information content (AvgIpc) is 2.46. The zero-order valence-corrected chi connectivity index (χ0v) is 12.3. The van der Waals surface area contributed by atoms with Gasteiger partial charge in [-0.15, -0.1) is 0 Å². The van der Waals surface area contributed by atoms with Crippen LogP contribution >= 0.6 is 11.6 Å². The highest BCUT2D eigenvalue weighted by atomic mass is 35.5. The molecular formula is C16H17ClFNO. The second-order valence-electron chi connectivity index (χ2n) is 4.43. The fourth-order valence-electron chi connectivity index (χ4n) is 2.07. The smallest absolute Gasteiger partial charge is 0.165 e. The average molecular weight is 294 g/mol. The number of hydrogen-bond acceptors (Lipinski definition) is 2. The largest absolute Gasteiger partial charge is 0.494 e. The molecule has 0 heterocycles. The van der Waals surface area contributed by atoms with Crippen molar-refractivity contribution in [1.82, 2.24) is 5.32 Å². The lowest BCUT2D eigenvalue weighted by Crippen LogP contribution is -2.12. The van der Waals surface area contributed by atoms with Gasteiger partial charge in [-0.05, 0) is 47.5 Å². The van der Waals surface area contributed by atoms with E-state index in [1.54, 1.807) is 6.07 Å². The number of benzene rings is 2. The van der Waals surface area contributed by atoms with Crippen LogP contribution in [0.5, 0.6) is 5.75 Å². The molecule has 2 nitrogen and oxygen atoms in total. The van der Waals surface area contributed by atoms with Gasteiger partial charge < -0.3 is 10.1 Å². The third-order valence-electron chi connectivity index (χ3n) is 3.10. The first kappa shape index (κ1) is 14.8. The Kier molecular flexibility index (Phi) is 4.99. The topological polar surface area (TPSA) is 21.3 Å². The number of rotatable bonds is 5. The zero-order chi connectivity index (χ0) is 14.5. The molecule has 0 bridgehead atoms. The summed E-state index contributed by atoms with van der Waals surface area (Å²) in [6.07, 6.45) is 0. The molecule has 0 unspecified atom stereocenters. The van der Waals surface area contributed by atoms with Crippen molar-refractivity contribution in [2.75, 3.05) is 13.7 Å². The third kappa shape index (κ3) is 3.30. The van der Waals surface area contributed by atoms with Crippen LogP contribution in [0.15, 0.2) is 36.4 Å². The summed E-state index contributed by atoms with van der Waals surface area (Å²) < 4.78 is 18.8. The van der Waals surface area contributed by atoms with Gasteiger partial charge >= 0.3 is 0 Å². The van der Waals surface area contributed by atoms with Crippen molar-refractivity contribution in [2.24, 2.45) is 0 Å². The monoisotopic (exact) mass is 293 g/mol. The molecule has 0 spiro atoms. The van der Waals surface area contributed by atoms with Crippen LogP contribution in [0.3, 0.4) is 0 Å². The maximum absolute atomic E-state index is 13.8. The normalized spacial score (nSPS) is 10.6. The van der Waals surface area contributed by atoms with Crippen LogP contribution in [0.1, 0.15) is 12.5 Å². The molecule has 1 N–H and O–H groups in total. The number of halogens is 2. The Morgan fingerprint density at radius 1 is 1.20 bits per heavy atom. The van der Waals surface area contributed by atoms with Crippen LogP contribution in [-0.2, 0) is 6.54 Å². The minimum atomic E-state index is -0.376. The highest BCUT2D eigenvalue weighted by molar-refractivity contribution is 6.30. The van der Waals surface area contributed by atoms with Crippen LogP contribution in [0.2, 0.25) is 5.02 Å². The van der Waals surface area contributed by atoms with Gasteiger partial charge in [-0.3, -0.25) is 0 Å². The molecular weight excluding hydrogens is 277 g/mol. The van der Waals surface area contributed by atoms with Gasteiger partial charge in [-0.25, -0.2) is 4.39 Å². The molecule has 0 aliphatic heterocycles. The van der Waals surface area contributed by atoms with Crippen LogP contribution < -0.4 is 10.1 Å². The van der Waals surface area contributed by atoms with Crippen molar-refractivity contribution in [3.63, 3.8) is 0 Å². The van der Waals surface area contributed by atoms with Gasteiger partial charge in [0.05, 0.1) is 7.11 Å². The molecule has 2 aromatic rings. The van der Waals surface area contributed by atoms with E-state index in [1.807, 2.05) is 31.2 Å². The van der Waals surface area contributed by atoms with Gasteiger partial charge in [-0.1, -0.05) is 30.7 Å². The molecule has 20 heavy (non-hydrogen) atoms. The summed E-state index contributed by atoms with van der Waals surface area (Å²) in [5, 5.41) is 3.91. The van der Waals surface area contributed by atoms with Gasteiger partial charge in [-0.2, -0.15) is 0 Å². The van der Waals surface area contributed by atoms with E-state index >= 15 is 0 Å². The number of hydrogen-bond donors (Lipinski definition) is 1. The van der Waals surface area contributed by atoms with Gasteiger partial charge in [0.15, 0.2) is 11.6 Å². The van der Waals surface area contributed by atoms with Crippen molar-refractivity contribution in [3.05, 3.63) is 52.8 Å². The van der Waals surface area contributed by atoms with E-state index in [0.717, 1.165) is 29.8 Å². The molecule has 2 rings (SSSR count). The first-order valence-corrected chi connectivity index (χ1v) is 6.86. The highest BCUT2D eigenvalue weighted by Crippen LogP contribution is 2.30. The van der Waals surface area contributed by atoms with E-state index in [-0.39, 0.29) is 11.6 Å². The minimum absolute atomic E-state index is 0.240. The van der Waals surface area contributed by atoms with E-state index in [0.29, 0.717) is 5.02 Å². The Hall–Kier alpha value is -1.58. The molecule has 0 fully saturated rings. The maximum atomic E-state index is 13.8. The zero-order valence-electron chi connectivity index (χ0n) is 11.5. The van der Waals surface area contributed by atoms with Crippen LogP contribution in [0, 0.1) is 5.82 Å². The van der Waals surface area contributed by atoms with E-state index in [2.05, 4.69) is 5.32 Å². The van der Waals surface area contributed by atoms with Gasteiger partial charge in [0.25, 0.3) is 0 Å². The number of methoxy groups -OCH3 is 1. The fourth-order valence-corrected chi connectivity index (χ4v) is 2.24. The maximum Gasteiger partial charge on any atom is 0.165 e. The van der Waals surface area contributed by atoms with Gasteiger partial charge in [0.2, 0.25) is 0 Å². The number of nitrogens with one attached hydrogen (secondary N) is 1. The first-order chi connectivity index (χ1) is 9.65. The summed E-state index contributed by atoms with van der Waals surface area (Å²) in [5.41, 5.74) is 2.81. The van der Waals surface area contributed by atoms with Crippen molar-refractivity contribution < 1.29 is 9.13 Å². The van der Waals surface area contributed by atoms with Crippen molar-refractivity contribution >= 4 is 11.6 Å².